The minimum Gasteiger partial charge on any atom is -0.320 e. The molecule has 1 fully saturated rings. The van der Waals surface area contributed by atoms with Crippen molar-refractivity contribution in [3.63, 3.8) is 0 Å². The number of carbonyl (C=O) groups excluding carboxylic acids is 3. The first-order valence-electron chi connectivity index (χ1n) is 4.94. The van der Waals surface area contributed by atoms with Crippen molar-refractivity contribution in [2.75, 3.05) is 6.54 Å². The lowest BCUT2D eigenvalue weighted by Crippen LogP contribution is -2.51. The second-order valence-electron chi connectivity index (χ2n) is 3.57. The van der Waals surface area contributed by atoms with Gasteiger partial charge in [0.05, 0.1) is 0 Å². The van der Waals surface area contributed by atoms with E-state index in [1.165, 1.54) is 18.3 Å². The Morgan fingerprint density at radius 1 is 1.53 bits per heavy atom. The number of hydrogen-bond donors (Lipinski definition) is 1. The van der Waals surface area contributed by atoms with Crippen LogP contribution in [0.2, 0.25) is 0 Å². The van der Waals surface area contributed by atoms with E-state index in [0.29, 0.717) is 0 Å². The fourth-order valence-electron chi connectivity index (χ4n) is 1.48. The summed E-state index contributed by atoms with van der Waals surface area (Å²) in [5.41, 5.74) is 0.957. The van der Waals surface area contributed by atoms with E-state index in [0.717, 1.165) is 10.5 Å². The van der Waals surface area contributed by atoms with E-state index < -0.39 is 11.8 Å². The van der Waals surface area contributed by atoms with Gasteiger partial charge in [0.1, 0.15) is 12.2 Å². The SMILES string of the molecule is CC(=O)N1CC(=O)N/C(=C/c2ccsc2)C1=O. The summed E-state index contributed by atoms with van der Waals surface area (Å²) in [7, 11) is 0. The van der Waals surface area contributed by atoms with Crippen LogP contribution in [0.1, 0.15) is 12.5 Å². The van der Waals surface area contributed by atoms with Gasteiger partial charge in [-0.2, -0.15) is 11.3 Å². The summed E-state index contributed by atoms with van der Waals surface area (Å²) in [6.07, 6.45) is 1.56. The topological polar surface area (TPSA) is 66.5 Å². The number of carbonyl (C=O) groups is 3. The van der Waals surface area contributed by atoms with Gasteiger partial charge in [-0.1, -0.05) is 0 Å². The van der Waals surface area contributed by atoms with Crippen LogP contribution in [0.25, 0.3) is 6.08 Å². The molecular weight excluding hydrogens is 240 g/mol. The smallest absolute Gasteiger partial charge is 0.277 e. The number of thiophene rings is 1. The van der Waals surface area contributed by atoms with Gasteiger partial charge in [0.2, 0.25) is 11.8 Å². The number of imide groups is 1. The first-order valence-corrected chi connectivity index (χ1v) is 5.88. The van der Waals surface area contributed by atoms with Crippen LogP contribution < -0.4 is 5.32 Å². The third-order valence-electron chi connectivity index (χ3n) is 2.29. The first-order chi connectivity index (χ1) is 8.08. The fraction of sp³-hybridized carbons (Fsp3) is 0.182. The number of nitrogens with one attached hydrogen (secondary N) is 1. The Hall–Kier alpha value is -1.95. The molecule has 1 saturated heterocycles. The predicted molar refractivity (Wildman–Crippen MR) is 62.8 cm³/mol. The highest BCUT2D eigenvalue weighted by atomic mass is 32.1. The largest absolute Gasteiger partial charge is 0.320 e. The van der Waals surface area contributed by atoms with Crippen molar-refractivity contribution < 1.29 is 14.4 Å². The lowest BCUT2D eigenvalue weighted by molar-refractivity contribution is -0.147. The summed E-state index contributed by atoms with van der Waals surface area (Å²) in [5.74, 6) is -1.26. The van der Waals surface area contributed by atoms with Crippen molar-refractivity contribution >= 4 is 35.1 Å². The van der Waals surface area contributed by atoms with E-state index in [2.05, 4.69) is 5.32 Å². The van der Waals surface area contributed by atoms with Crippen molar-refractivity contribution in [2.24, 2.45) is 0 Å². The normalized spacial score (nSPS) is 18.4. The van der Waals surface area contributed by atoms with Crippen LogP contribution in [0, 0.1) is 0 Å². The maximum atomic E-state index is 11.9. The summed E-state index contributed by atoms with van der Waals surface area (Å²) in [4.78, 5) is 35.4. The molecule has 1 aliphatic heterocycles. The molecule has 17 heavy (non-hydrogen) atoms. The first kappa shape index (κ1) is 11.5. The van der Waals surface area contributed by atoms with Crippen LogP contribution in [0.15, 0.2) is 22.5 Å². The Morgan fingerprint density at radius 3 is 2.88 bits per heavy atom. The average Bonchev–Trinajstić information content (AvgIpc) is 2.75. The van der Waals surface area contributed by atoms with E-state index in [4.69, 9.17) is 0 Å². The van der Waals surface area contributed by atoms with Gasteiger partial charge in [0, 0.05) is 6.92 Å². The molecule has 0 spiro atoms. The van der Waals surface area contributed by atoms with Crippen LogP contribution in [0.4, 0.5) is 0 Å². The van der Waals surface area contributed by atoms with Gasteiger partial charge in [-0.15, -0.1) is 0 Å². The predicted octanol–water partition coefficient (Wildman–Crippen LogP) is 0.594. The Kier molecular flexibility index (Phi) is 3.06. The van der Waals surface area contributed by atoms with Gasteiger partial charge < -0.3 is 5.32 Å². The molecule has 1 N–H and O–H groups in total. The third kappa shape index (κ3) is 2.42. The molecule has 1 aliphatic rings. The Balaban J connectivity index is 2.31. The molecule has 0 atom stereocenters. The highest BCUT2D eigenvalue weighted by Crippen LogP contribution is 2.13. The monoisotopic (exact) mass is 250 g/mol. The Bertz CT molecular complexity index is 505. The van der Waals surface area contributed by atoms with Crippen LogP contribution in [0.3, 0.4) is 0 Å². The second-order valence-corrected chi connectivity index (χ2v) is 4.35. The molecule has 1 aromatic heterocycles. The zero-order valence-electron chi connectivity index (χ0n) is 9.10. The summed E-state index contributed by atoms with van der Waals surface area (Å²) in [5, 5.41) is 6.18. The lowest BCUT2D eigenvalue weighted by atomic mass is 10.2. The summed E-state index contributed by atoms with van der Waals surface area (Å²) in [6.45, 7) is 1.05. The lowest BCUT2D eigenvalue weighted by Gasteiger charge is -2.25. The van der Waals surface area contributed by atoms with Crippen LogP contribution in [0.5, 0.6) is 0 Å². The number of amides is 3. The Labute approximate surface area is 102 Å². The quantitative estimate of drug-likeness (QED) is 0.742. The van der Waals surface area contributed by atoms with Gasteiger partial charge >= 0.3 is 0 Å². The molecule has 2 heterocycles. The van der Waals surface area contributed by atoms with Gasteiger partial charge in [-0.25, -0.2) is 0 Å². The molecule has 0 radical (unpaired) electrons. The molecule has 5 nitrogen and oxygen atoms in total. The second kappa shape index (κ2) is 4.50. The van der Waals surface area contributed by atoms with E-state index in [1.54, 1.807) is 6.08 Å². The van der Waals surface area contributed by atoms with Gasteiger partial charge in [-0.3, -0.25) is 19.3 Å². The van der Waals surface area contributed by atoms with E-state index in [-0.39, 0.29) is 18.1 Å². The van der Waals surface area contributed by atoms with Gasteiger partial charge in [0.25, 0.3) is 5.91 Å². The van der Waals surface area contributed by atoms with Crippen molar-refractivity contribution in [1.29, 1.82) is 0 Å². The molecule has 2 rings (SSSR count). The number of nitrogens with zero attached hydrogens (tertiary/aromatic N) is 1. The van der Waals surface area contributed by atoms with Gasteiger partial charge in [0.15, 0.2) is 0 Å². The molecule has 88 valence electrons. The number of hydrogen-bond acceptors (Lipinski definition) is 4. The molecule has 0 aromatic carbocycles. The summed E-state index contributed by atoms with van der Waals surface area (Å²) >= 11 is 1.49. The maximum Gasteiger partial charge on any atom is 0.277 e. The fourth-order valence-corrected chi connectivity index (χ4v) is 2.10. The zero-order chi connectivity index (χ0) is 12.4. The maximum absolute atomic E-state index is 11.9. The number of rotatable bonds is 1. The third-order valence-corrected chi connectivity index (χ3v) is 2.99. The molecule has 3 amide bonds. The van der Waals surface area contributed by atoms with E-state index >= 15 is 0 Å². The van der Waals surface area contributed by atoms with Crippen molar-refractivity contribution in [3.05, 3.63) is 28.1 Å². The van der Waals surface area contributed by atoms with Crippen molar-refractivity contribution in [1.82, 2.24) is 10.2 Å². The minimum atomic E-state index is -0.469. The average molecular weight is 250 g/mol. The number of piperazine rings is 1. The van der Waals surface area contributed by atoms with Crippen LogP contribution in [-0.4, -0.2) is 29.2 Å². The summed E-state index contributed by atoms with van der Waals surface area (Å²) in [6, 6.07) is 1.82. The van der Waals surface area contributed by atoms with Crippen molar-refractivity contribution in [3.8, 4) is 0 Å². The molecule has 0 bridgehead atoms. The highest BCUT2D eigenvalue weighted by molar-refractivity contribution is 7.08. The van der Waals surface area contributed by atoms with Crippen LogP contribution >= 0.6 is 11.3 Å². The molecule has 0 aliphatic carbocycles. The molecule has 6 heteroatoms. The van der Waals surface area contributed by atoms with Crippen LogP contribution in [-0.2, 0) is 14.4 Å². The standard InChI is InChI=1S/C11H10N2O3S/c1-7(14)13-5-10(15)12-9(11(13)16)4-8-2-3-17-6-8/h2-4,6H,5H2,1H3,(H,12,15)/b9-4+. The van der Waals surface area contributed by atoms with Gasteiger partial charge in [-0.05, 0) is 28.5 Å². The molecular formula is C11H10N2O3S. The van der Waals surface area contributed by atoms with Crippen molar-refractivity contribution in [2.45, 2.75) is 6.92 Å². The minimum absolute atomic E-state index is 0.134. The Morgan fingerprint density at radius 2 is 2.29 bits per heavy atom. The van der Waals surface area contributed by atoms with E-state index in [9.17, 15) is 14.4 Å². The molecule has 0 unspecified atom stereocenters. The highest BCUT2D eigenvalue weighted by Gasteiger charge is 2.30. The molecule has 1 aromatic rings. The van der Waals surface area contributed by atoms with E-state index in [1.807, 2.05) is 16.8 Å². The summed E-state index contributed by atoms with van der Waals surface area (Å²) < 4.78 is 0. The zero-order valence-corrected chi connectivity index (χ0v) is 9.91. The molecule has 0 saturated carbocycles.